The van der Waals surface area contributed by atoms with Gasteiger partial charge in [-0.25, -0.2) is 0 Å². The summed E-state index contributed by atoms with van der Waals surface area (Å²) in [6.45, 7) is 4.95. The molecule has 6 heteroatoms. The average molecular weight is 373 g/mol. The van der Waals surface area contributed by atoms with Crippen LogP contribution in [-0.4, -0.2) is 44.4 Å². The van der Waals surface area contributed by atoms with E-state index in [9.17, 15) is 4.79 Å². The second-order valence-corrected chi connectivity index (χ2v) is 8.17. The molecule has 1 amide bonds. The van der Waals surface area contributed by atoms with E-state index in [0.29, 0.717) is 17.7 Å². The smallest absolute Gasteiger partial charge is 0.233 e. The van der Waals surface area contributed by atoms with Gasteiger partial charge in [-0.2, -0.15) is 0 Å². The fourth-order valence-corrected chi connectivity index (χ4v) is 4.61. The monoisotopic (exact) mass is 372 g/mol. The zero-order valence-electron chi connectivity index (χ0n) is 15.9. The van der Waals surface area contributed by atoms with Crippen LogP contribution in [0.1, 0.15) is 44.0 Å². The molecule has 2 aromatic rings. The minimum absolute atomic E-state index is 0.181. The van der Waals surface area contributed by atoms with Gasteiger partial charge in [-0.3, -0.25) is 4.79 Å². The lowest BCUT2D eigenvalue weighted by atomic mass is 9.85. The summed E-state index contributed by atoms with van der Waals surface area (Å²) in [4.78, 5) is 14.6. The van der Waals surface area contributed by atoms with Gasteiger partial charge in [0, 0.05) is 13.1 Å². The summed E-state index contributed by atoms with van der Waals surface area (Å²) in [6, 6.07) is 10.6. The Bertz CT molecular complexity index is 731. The largest absolute Gasteiger partial charge is 0.342 e. The van der Waals surface area contributed by atoms with Gasteiger partial charge in [-0.15, -0.1) is 10.2 Å². The van der Waals surface area contributed by atoms with E-state index in [4.69, 9.17) is 0 Å². The van der Waals surface area contributed by atoms with Crippen LogP contribution in [0.2, 0.25) is 0 Å². The molecule has 0 N–H and O–H groups in total. The number of benzene rings is 1. The van der Waals surface area contributed by atoms with Gasteiger partial charge in [0.2, 0.25) is 5.91 Å². The molecular formula is C20H28N4OS. The summed E-state index contributed by atoms with van der Waals surface area (Å²) in [5.41, 5.74) is 1.21. The van der Waals surface area contributed by atoms with Crippen LogP contribution in [0.25, 0.3) is 0 Å². The number of carbonyl (C=O) groups excluding carboxylic acids is 1. The third-order valence-corrected chi connectivity index (χ3v) is 6.32. The third kappa shape index (κ3) is 4.47. The van der Waals surface area contributed by atoms with Gasteiger partial charge in [0.05, 0.1) is 12.3 Å². The Balaban J connectivity index is 1.62. The van der Waals surface area contributed by atoms with E-state index in [1.165, 1.54) is 36.6 Å². The third-order valence-electron chi connectivity index (χ3n) is 5.37. The van der Waals surface area contributed by atoms with Crippen molar-refractivity contribution in [2.24, 2.45) is 5.92 Å². The SMILES string of the molecule is Cc1nnc(SCC(=O)N(C)C2CCCCC2C)n1Cc1ccccc1. The van der Waals surface area contributed by atoms with Crippen LogP contribution in [0.15, 0.2) is 35.5 Å². The maximum atomic E-state index is 12.7. The van der Waals surface area contributed by atoms with E-state index >= 15 is 0 Å². The molecule has 0 aliphatic heterocycles. The number of thioether (sulfide) groups is 1. The van der Waals surface area contributed by atoms with Crippen LogP contribution in [0.3, 0.4) is 0 Å². The maximum Gasteiger partial charge on any atom is 0.233 e. The minimum atomic E-state index is 0.181. The molecule has 1 aliphatic carbocycles. The van der Waals surface area contributed by atoms with E-state index in [-0.39, 0.29) is 5.91 Å². The first-order valence-corrected chi connectivity index (χ1v) is 10.4. The van der Waals surface area contributed by atoms with Crippen LogP contribution in [0.4, 0.5) is 0 Å². The lowest BCUT2D eigenvalue weighted by molar-refractivity contribution is -0.130. The van der Waals surface area contributed by atoms with Crippen molar-refractivity contribution in [3.8, 4) is 0 Å². The van der Waals surface area contributed by atoms with Gasteiger partial charge in [0.1, 0.15) is 5.82 Å². The van der Waals surface area contributed by atoms with Crippen LogP contribution < -0.4 is 0 Å². The molecule has 2 atom stereocenters. The Morgan fingerprint density at radius 1 is 1.23 bits per heavy atom. The fourth-order valence-electron chi connectivity index (χ4n) is 3.70. The molecule has 0 bridgehead atoms. The highest BCUT2D eigenvalue weighted by molar-refractivity contribution is 7.99. The summed E-state index contributed by atoms with van der Waals surface area (Å²) in [6.07, 6.45) is 4.86. The van der Waals surface area contributed by atoms with Gasteiger partial charge in [0.25, 0.3) is 0 Å². The predicted octanol–water partition coefficient (Wildman–Crippen LogP) is 3.76. The first-order chi connectivity index (χ1) is 12.6. The Morgan fingerprint density at radius 3 is 2.69 bits per heavy atom. The summed E-state index contributed by atoms with van der Waals surface area (Å²) in [7, 11) is 1.95. The molecular weight excluding hydrogens is 344 g/mol. The summed E-state index contributed by atoms with van der Waals surface area (Å²) in [5.74, 6) is 2.05. The Kier molecular flexibility index (Phi) is 6.35. The van der Waals surface area contributed by atoms with Crippen molar-refractivity contribution < 1.29 is 4.79 Å². The molecule has 1 aromatic heterocycles. The van der Waals surface area contributed by atoms with E-state index in [1.807, 2.05) is 37.1 Å². The Morgan fingerprint density at radius 2 is 1.96 bits per heavy atom. The van der Waals surface area contributed by atoms with E-state index < -0.39 is 0 Å². The number of amides is 1. The normalized spacial score (nSPS) is 20.1. The highest BCUT2D eigenvalue weighted by atomic mass is 32.2. The second-order valence-electron chi connectivity index (χ2n) is 7.22. The predicted molar refractivity (Wildman–Crippen MR) is 105 cm³/mol. The number of rotatable bonds is 6. The first-order valence-electron chi connectivity index (χ1n) is 9.38. The zero-order chi connectivity index (χ0) is 18.5. The molecule has 1 aromatic carbocycles. The van der Waals surface area contributed by atoms with Crippen molar-refractivity contribution in [3.05, 3.63) is 41.7 Å². The molecule has 1 heterocycles. The average Bonchev–Trinajstić information content (AvgIpc) is 3.00. The number of hydrogen-bond donors (Lipinski definition) is 0. The molecule has 26 heavy (non-hydrogen) atoms. The first kappa shape index (κ1) is 19.0. The summed E-state index contributed by atoms with van der Waals surface area (Å²) < 4.78 is 2.08. The summed E-state index contributed by atoms with van der Waals surface area (Å²) >= 11 is 1.49. The highest BCUT2D eigenvalue weighted by Crippen LogP contribution is 2.28. The standard InChI is InChI=1S/C20H28N4OS/c1-15-9-7-8-12-18(15)23(3)19(25)14-26-20-22-21-16(2)24(20)13-17-10-5-4-6-11-17/h4-6,10-11,15,18H,7-9,12-14H2,1-3H3. The summed E-state index contributed by atoms with van der Waals surface area (Å²) in [5, 5.41) is 9.29. The molecule has 2 unspecified atom stereocenters. The highest BCUT2D eigenvalue weighted by Gasteiger charge is 2.28. The van der Waals surface area contributed by atoms with Gasteiger partial charge in [0.15, 0.2) is 5.16 Å². The van der Waals surface area contributed by atoms with Gasteiger partial charge >= 0.3 is 0 Å². The van der Waals surface area contributed by atoms with Gasteiger partial charge in [-0.1, -0.05) is 61.9 Å². The number of nitrogens with zero attached hydrogens (tertiary/aromatic N) is 4. The topological polar surface area (TPSA) is 51.0 Å². The number of aromatic nitrogens is 3. The van der Waals surface area contributed by atoms with Crippen molar-refractivity contribution in [1.29, 1.82) is 0 Å². The lowest BCUT2D eigenvalue weighted by Crippen LogP contribution is -2.43. The van der Waals surface area contributed by atoms with E-state index in [1.54, 1.807) is 0 Å². The molecule has 1 saturated carbocycles. The van der Waals surface area contributed by atoms with Crippen LogP contribution >= 0.6 is 11.8 Å². The number of carbonyl (C=O) groups is 1. The number of aryl methyl sites for hydroxylation is 1. The van der Waals surface area contributed by atoms with Crippen molar-refractivity contribution in [2.75, 3.05) is 12.8 Å². The number of hydrogen-bond acceptors (Lipinski definition) is 4. The molecule has 3 rings (SSSR count). The van der Waals surface area contributed by atoms with Crippen LogP contribution in [0, 0.1) is 12.8 Å². The molecule has 0 radical (unpaired) electrons. The molecule has 5 nitrogen and oxygen atoms in total. The minimum Gasteiger partial charge on any atom is -0.342 e. The van der Waals surface area contributed by atoms with Gasteiger partial charge in [-0.05, 0) is 31.2 Å². The maximum absolute atomic E-state index is 12.7. The lowest BCUT2D eigenvalue weighted by Gasteiger charge is -2.36. The second kappa shape index (κ2) is 8.71. The molecule has 0 spiro atoms. The quantitative estimate of drug-likeness (QED) is 0.725. The molecule has 1 fully saturated rings. The fraction of sp³-hybridized carbons (Fsp3) is 0.550. The molecule has 0 saturated heterocycles. The van der Waals surface area contributed by atoms with E-state index in [2.05, 4.69) is 33.8 Å². The van der Waals surface area contributed by atoms with Crippen LogP contribution in [0.5, 0.6) is 0 Å². The van der Waals surface area contributed by atoms with Crippen molar-refractivity contribution in [1.82, 2.24) is 19.7 Å². The van der Waals surface area contributed by atoms with Crippen molar-refractivity contribution >= 4 is 17.7 Å². The zero-order valence-corrected chi connectivity index (χ0v) is 16.7. The molecule has 1 aliphatic rings. The Labute approximate surface area is 160 Å². The Hall–Kier alpha value is -1.82. The van der Waals surface area contributed by atoms with Crippen LogP contribution in [-0.2, 0) is 11.3 Å². The van der Waals surface area contributed by atoms with Crippen molar-refractivity contribution in [3.63, 3.8) is 0 Å². The van der Waals surface area contributed by atoms with Crippen molar-refractivity contribution in [2.45, 2.75) is 57.3 Å². The van der Waals surface area contributed by atoms with Gasteiger partial charge < -0.3 is 9.47 Å². The molecule has 140 valence electrons. The van der Waals surface area contributed by atoms with E-state index in [0.717, 1.165) is 23.9 Å².